The molecule has 3 nitrogen and oxygen atoms in total. The second-order valence-electron chi connectivity index (χ2n) is 8.68. The van der Waals surface area contributed by atoms with Crippen molar-refractivity contribution in [3.05, 3.63) is 139 Å². The zero-order valence-electron chi connectivity index (χ0n) is 33.3. The third kappa shape index (κ3) is 6.30. The van der Waals surface area contributed by atoms with Gasteiger partial charge < -0.3 is 9.55 Å². The molecule has 0 aliphatic rings. The van der Waals surface area contributed by atoms with Crippen LogP contribution in [0.15, 0.2) is 115 Å². The van der Waals surface area contributed by atoms with Crippen LogP contribution < -0.4 is 0 Å². The maximum absolute atomic E-state index is 8.13. The van der Waals surface area contributed by atoms with Crippen LogP contribution in [-0.4, -0.2) is 14.5 Å². The maximum Gasteiger partial charge on any atom is 0.0774 e. The first kappa shape index (κ1) is 17.1. The van der Waals surface area contributed by atoms with E-state index in [0.717, 1.165) is 11.3 Å². The summed E-state index contributed by atoms with van der Waals surface area (Å²) in [5.74, 6) is -3.89. The molecule has 0 spiro atoms. The minimum atomic E-state index is -3.04. The van der Waals surface area contributed by atoms with Crippen LogP contribution in [0.1, 0.15) is 66.8 Å². The molecule has 0 aliphatic heterocycles. The van der Waals surface area contributed by atoms with E-state index in [4.69, 9.17) is 16.4 Å². The number of benzene rings is 4. The van der Waals surface area contributed by atoms with Crippen LogP contribution >= 0.6 is 0 Å². The molecule has 6 rings (SSSR count). The van der Waals surface area contributed by atoms with E-state index in [9.17, 15) is 0 Å². The van der Waals surface area contributed by atoms with Gasteiger partial charge in [0.15, 0.2) is 0 Å². The van der Waals surface area contributed by atoms with E-state index >= 15 is 0 Å². The van der Waals surface area contributed by atoms with Gasteiger partial charge in [0.05, 0.1) is 16.9 Å². The zero-order valence-corrected chi connectivity index (χ0v) is 23.7. The van der Waals surface area contributed by atoms with Gasteiger partial charge in [0.25, 0.3) is 0 Å². The van der Waals surface area contributed by atoms with Crippen molar-refractivity contribution in [2.75, 3.05) is 0 Å². The van der Waals surface area contributed by atoms with Crippen LogP contribution in [0.2, 0.25) is 0 Å². The van der Waals surface area contributed by atoms with Gasteiger partial charge in [0.2, 0.25) is 0 Å². The van der Waals surface area contributed by atoms with E-state index in [0.29, 0.717) is 16.6 Å². The van der Waals surface area contributed by atoms with Crippen LogP contribution in [0.3, 0.4) is 0 Å². The summed E-state index contributed by atoms with van der Waals surface area (Å²) < 4.78 is 99.0. The molecule has 0 saturated carbocycles. The fourth-order valence-corrected chi connectivity index (χ4v) is 4.34. The standard InChI is InChI=1S/C25H25N2.C11H8N.Ir/c1-17(2)20-13-10-14-21(18(3)4)24(20)27-23-16-9-8-15-22(23)26-25(27)19-11-6-5-7-12-19;1-2-6-10(7-3-1)11-8-4-5-9-12-11;/h5-11,13-18H,1-4H3;1-6,8-9H;/q2*-1;/i1D3,2D3,3D3,4D3;;. The van der Waals surface area contributed by atoms with Crippen LogP contribution in [0.5, 0.6) is 0 Å². The summed E-state index contributed by atoms with van der Waals surface area (Å²) in [6.07, 6.45) is 1.79. The summed E-state index contributed by atoms with van der Waals surface area (Å²) in [6, 6.07) is 37.3. The number of nitrogens with zero attached hydrogens (tertiary/aromatic N) is 3. The summed E-state index contributed by atoms with van der Waals surface area (Å²) in [5, 5.41) is 0. The van der Waals surface area contributed by atoms with Crippen LogP contribution in [0.25, 0.3) is 39.4 Å². The first-order valence-corrected chi connectivity index (χ1v) is 12.3. The minimum absolute atomic E-state index is 0. The Hall–Kier alpha value is -3.85. The Morgan fingerprint density at radius 2 is 1.30 bits per heavy atom. The number of aromatic nitrogens is 3. The first-order chi connectivity index (χ1) is 23.9. The van der Waals surface area contributed by atoms with Crippen LogP contribution in [0, 0.1) is 12.1 Å². The van der Waals surface area contributed by atoms with E-state index in [2.05, 4.69) is 22.1 Å². The maximum atomic E-state index is 8.13. The Balaban J connectivity index is 0.000000391. The van der Waals surface area contributed by atoms with Crippen molar-refractivity contribution >= 4 is 11.0 Å². The van der Waals surface area contributed by atoms with Gasteiger partial charge in [-0.25, -0.2) is 0 Å². The molecule has 2 heterocycles. The van der Waals surface area contributed by atoms with Crippen molar-refractivity contribution in [2.45, 2.75) is 39.2 Å². The molecule has 0 unspecified atom stereocenters. The van der Waals surface area contributed by atoms with Crippen molar-refractivity contribution < 1.29 is 36.6 Å². The number of hydrogen-bond donors (Lipinski definition) is 0. The third-order valence-electron chi connectivity index (χ3n) is 6.10. The number of fused-ring (bicyclic) bond motifs is 1. The van der Waals surface area contributed by atoms with E-state index < -0.39 is 39.2 Å². The summed E-state index contributed by atoms with van der Waals surface area (Å²) in [6.45, 7) is -12.2. The number of pyridine rings is 1. The molecule has 0 atom stereocenters. The summed E-state index contributed by atoms with van der Waals surface area (Å²) in [7, 11) is 0. The monoisotopic (exact) mass is 712 g/mol. The topological polar surface area (TPSA) is 30.7 Å². The van der Waals surface area contributed by atoms with Crippen molar-refractivity contribution in [1.82, 2.24) is 14.5 Å². The Morgan fingerprint density at radius 1 is 0.675 bits per heavy atom. The van der Waals surface area contributed by atoms with Gasteiger partial charge in [-0.3, -0.25) is 4.98 Å². The van der Waals surface area contributed by atoms with Crippen molar-refractivity contribution in [1.29, 1.82) is 0 Å². The molecule has 0 aliphatic carbocycles. The number of rotatable bonds is 5. The molecule has 0 saturated heterocycles. The summed E-state index contributed by atoms with van der Waals surface area (Å²) in [5.41, 5.74) is 2.71. The van der Waals surface area contributed by atoms with Gasteiger partial charge in [-0.15, -0.1) is 71.8 Å². The summed E-state index contributed by atoms with van der Waals surface area (Å²) in [4.78, 5) is 8.90. The molecule has 2 aromatic heterocycles. The molecule has 1 radical (unpaired) electrons. The fraction of sp³-hybridized carbons (Fsp3) is 0.167. The second kappa shape index (κ2) is 13.5. The van der Waals surface area contributed by atoms with Crippen molar-refractivity contribution in [3.8, 4) is 28.3 Å². The van der Waals surface area contributed by atoms with Crippen molar-refractivity contribution in [3.63, 3.8) is 0 Å². The van der Waals surface area contributed by atoms with E-state index in [1.165, 1.54) is 22.8 Å². The fourth-order valence-electron chi connectivity index (χ4n) is 4.34. The molecule has 0 amide bonds. The molecule has 0 fully saturated rings. The Morgan fingerprint density at radius 3 is 1.90 bits per heavy atom. The predicted octanol–water partition coefficient (Wildman–Crippen LogP) is 9.29. The molecular formula is C36H33IrN3-2. The quantitative estimate of drug-likeness (QED) is 0.167. The molecule has 4 aromatic carbocycles. The van der Waals surface area contributed by atoms with Gasteiger partial charge in [-0.1, -0.05) is 69.9 Å². The molecular weight excluding hydrogens is 667 g/mol. The smallest absolute Gasteiger partial charge is 0.0774 e. The van der Waals surface area contributed by atoms with Gasteiger partial charge >= 0.3 is 0 Å². The van der Waals surface area contributed by atoms with E-state index in [1.54, 1.807) is 54.7 Å². The third-order valence-corrected chi connectivity index (χ3v) is 6.10. The molecule has 0 N–H and O–H groups in total. The average molecular weight is 712 g/mol. The van der Waals surface area contributed by atoms with E-state index in [1.807, 2.05) is 42.5 Å². The average Bonchev–Trinajstić information content (AvgIpc) is 3.43. The number of para-hydroxylation sites is 3. The van der Waals surface area contributed by atoms with Gasteiger partial charge in [-0.2, -0.15) is 0 Å². The number of hydrogen-bond acceptors (Lipinski definition) is 2. The largest absolute Gasteiger partial charge is 0.333 e. The van der Waals surface area contributed by atoms with Crippen LogP contribution in [0.4, 0.5) is 0 Å². The van der Waals surface area contributed by atoms with Crippen LogP contribution in [-0.2, 0) is 20.1 Å². The van der Waals surface area contributed by atoms with Crippen molar-refractivity contribution in [2.24, 2.45) is 0 Å². The molecule has 203 valence electrons. The Labute approximate surface area is 268 Å². The first-order valence-electron chi connectivity index (χ1n) is 18.3. The molecule has 0 bridgehead atoms. The number of imidazole rings is 1. The molecule has 6 aromatic rings. The molecule has 4 heteroatoms. The normalized spacial score (nSPS) is 16.4. The minimum Gasteiger partial charge on any atom is -0.333 e. The molecule has 40 heavy (non-hydrogen) atoms. The van der Waals surface area contributed by atoms with E-state index in [-0.39, 0.29) is 42.7 Å². The Bertz CT molecular complexity index is 1940. The summed E-state index contributed by atoms with van der Waals surface area (Å²) >= 11 is 0. The second-order valence-corrected chi connectivity index (χ2v) is 8.68. The van der Waals surface area contributed by atoms with Gasteiger partial charge in [0.1, 0.15) is 0 Å². The predicted molar refractivity (Wildman–Crippen MR) is 162 cm³/mol. The SMILES string of the molecule is [2H]C([2H])([2H])C(c1cccc(C(C([2H])([2H])[2H])C([2H])([2H])[2H])c1-n1c(-c2[c-]cccc2)nc2ccccc21)C([2H])([2H])[2H].[Ir].[c-]1ccccc1-c1ccccn1. The zero-order chi connectivity index (χ0) is 37.2. The van der Waals surface area contributed by atoms with Gasteiger partial charge in [0, 0.05) is 48.4 Å². The Kier molecular flexibility index (Phi) is 5.75. The van der Waals surface area contributed by atoms with Gasteiger partial charge in [-0.05, 0) is 46.9 Å².